The van der Waals surface area contributed by atoms with Crippen molar-refractivity contribution in [2.45, 2.75) is 12.5 Å². The molecule has 1 atom stereocenters. The van der Waals surface area contributed by atoms with Gasteiger partial charge in [0.1, 0.15) is 23.8 Å². The first-order chi connectivity index (χ1) is 15.9. The molecule has 1 amide bonds. The Morgan fingerprint density at radius 1 is 1.12 bits per heavy atom. The molecule has 9 heteroatoms. The van der Waals surface area contributed by atoms with Gasteiger partial charge in [-0.15, -0.1) is 0 Å². The quantitative estimate of drug-likeness (QED) is 0.436. The Hall–Kier alpha value is -3.49. The second-order valence-corrected chi connectivity index (χ2v) is 9.17. The second kappa shape index (κ2) is 8.46. The number of pyridine rings is 1. The number of anilines is 2. The van der Waals surface area contributed by atoms with E-state index in [1.165, 1.54) is 0 Å². The van der Waals surface area contributed by atoms with Gasteiger partial charge in [-0.2, -0.15) is 0 Å². The van der Waals surface area contributed by atoms with Gasteiger partial charge >= 0.3 is 0 Å². The zero-order valence-corrected chi connectivity index (χ0v) is 19.3. The zero-order valence-electron chi connectivity index (χ0n) is 18.5. The number of carbonyl (C=O) groups is 1. The van der Waals surface area contributed by atoms with E-state index in [1.807, 2.05) is 24.4 Å². The molecule has 5 rings (SSSR count). The predicted molar refractivity (Wildman–Crippen MR) is 132 cm³/mol. The summed E-state index contributed by atoms with van der Waals surface area (Å²) in [6.07, 6.45) is 6.16. The molecular weight excluding hydrogens is 438 g/mol. The largest absolute Gasteiger partial charge is 0.350 e. The van der Waals surface area contributed by atoms with E-state index in [4.69, 9.17) is 11.6 Å². The van der Waals surface area contributed by atoms with Crippen LogP contribution in [-0.4, -0.2) is 59.1 Å². The molecule has 1 fully saturated rings. The van der Waals surface area contributed by atoms with E-state index in [0.29, 0.717) is 26.8 Å². The van der Waals surface area contributed by atoms with E-state index in [1.54, 1.807) is 36.8 Å². The molecule has 3 aromatic heterocycles. The number of quaternary nitrogens is 1. The maximum atomic E-state index is 12.6. The topological polar surface area (TPSA) is 86.8 Å². The van der Waals surface area contributed by atoms with Gasteiger partial charge in [0.15, 0.2) is 0 Å². The molecule has 1 unspecified atom stereocenters. The number of hydrogen-bond donors (Lipinski definition) is 2. The van der Waals surface area contributed by atoms with E-state index in [0.717, 1.165) is 42.2 Å². The predicted octanol–water partition coefficient (Wildman–Crippen LogP) is 4.10. The maximum Gasteiger partial charge on any atom is 0.257 e. The molecule has 0 bridgehead atoms. The van der Waals surface area contributed by atoms with Gasteiger partial charge in [-0.05, 0) is 36.4 Å². The lowest BCUT2D eigenvalue weighted by atomic mass is 10.1. The van der Waals surface area contributed by atoms with Crippen LogP contribution in [0.3, 0.4) is 0 Å². The van der Waals surface area contributed by atoms with E-state index in [-0.39, 0.29) is 5.91 Å². The average Bonchev–Trinajstić information content (AvgIpc) is 3.51. The van der Waals surface area contributed by atoms with Gasteiger partial charge in [0.25, 0.3) is 5.91 Å². The Morgan fingerprint density at radius 2 is 1.94 bits per heavy atom. The van der Waals surface area contributed by atoms with E-state index >= 15 is 0 Å². The highest BCUT2D eigenvalue weighted by Gasteiger charge is 2.38. The van der Waals surface area contributed by atoms with Crippen molar-refractivity contribution in [3.05, 3.63) is 71.8 Å². The summed E-state index contributed by atoms with van der Waals surface area (Å²) >= 11 is 5.91. The monoisotopic (exact) mass is 462 g/mol. The molecule has 0 aliphatic carbocycles. The molecule has 4 aromatic rings. The lowest BCUT2D eigenvalue weighted by molar-refractivity contribution is 0.102. The molecule has 1 aliphatic rings. The number of nitrogens with one attached hydrogen (secondary N) is 2. The summed E-state index contributed by atoms with van der Waals surface area (Å²) in [6, 6.07) is 13.2. The Labute approximate surface area is 196 Å². The molecule has 1 saturated heterocycles. The number of rotatable bonds is 5. The number of amides is 1. The van der Waals surface area contributed by atoms with Crippen molar-refractivity contribution in [3.63, 3.8) is 0 Å². The molecule has 33 heavy (non-hydrogen) atoms. The molecule has 0 spiro atoms. The number of aromatic amines is 1. The standard InChI is InChI=1S/C24H24ClN7O/c1-32(2,19-10-12-31(14-19)23-20-9-11-26-22(20)28-15-29-23)21-8-3-16(13-27-21)24(33)30-18-6-4-17(25)5-7-18/h3-9,11,13,15,19H,10,12,14H2,1-2H3,(H-,26,28,29,30,33)/p+1. The summed E-state index contributed by atoms with van der Waals surface area (Å²) in [7, 11) is 4.33. The highest BCUT2D eigenvalue weighted by molar-refractivity contribution is 6.30. The van der Waals surface area contributed by atoms with Crippen molar-refractivity contribution in [1.29, 1.82) is 0 Å². The summed E-state index contributed by atoms with van der Waals surface area (Å²) in [5.74, 6) is 1.68. The molecule has 4 heterocycles. The first-order valence-corrected chi connectivity index (χ1v) is 11.2. The smallest absolute Gasteiger partial charge is 0.257 e. The van der Waals surface area contributed by atoms with Crippen LogP contribution < -0.4 is 14.7 Å². The highest BCUT2D eigenvalue weighted by atomic mass is 35.5. The number of aromatic nitrogens is 4. The number of hydrogen-bond acceptors (Lipinski definition) is 5. The molecule has 8 nitrogen and oxygen atoms in total. The number of benzene rings is 1. The number of fused-ring (bicyclic) bond motifs is 1. The fourth-order valence-corrected chi connectivity index (χ4v) is 4.48. The summed E-state index contributed by atoms with van der Waals surface area (Å²) in [6.45, 7) is 1.79. The minimum absolute atomic E-state index is 0.201. The molecule has 0 saturated carbocycles. The third-order valence-electron chi connectivity index (χ3n) is 6.41. The summed E-state index contributed by atoms with van der Waals surface area (Å²) < 4.78 is 0.622. The first kappa shape index (κ1) is 21.4. The molecule has 168 valence electrons. The van der Waals surface area contributed by atoms with Crippen LogP contribution in [0.5, 0.6) is 0 Å². The number of H-pyrrole nitrogens is 1. The second-order valence-electron chi connectivity index (χ2n) is 8.73. The normalized spacial score (nSPS) is 16.3. The number of likely N-dealkylation sites (N-methyl/N-ethyl adjacent to an activating group) is 1. The average molecular weight is 463 g/mol. The number of halogens is 1. The van der Waals surface area contributed by atoms with Crippen LogP contribution in [0.4, 0.5) is 17.3 Å². The van der Waals surface area contributed by atoms with Crippen molar-refractivity contribution in [3.8, 4) is 0 Å². The van der Waals surface area contributed by atoms with Crippen molar-refractivity contribution >= 4 is 45.9 Å². The van der Waals surface area contributed by atoms with Crippen LogP contribution in [0.25, 0.3) is 11.0 Å². The van der Waals surface area contributed by atoms with Crippen molar-refractivity contribution in [2.24, 2.45) is 0 Å². The van der Waals surface area contributed by atoms with E-state index < -0.39 is 0 Å². The van der Waals surface area contributed by atoms with E-state index in [9.17, 15) is 4.79 Å². The molecule has 0 radical (unpaired) electrons. The van der Waals surface area contributed by atoms with Gasteiger partial charge in [0.05, 0.1) is 31.6 Å². The SMILES string of the molecule is C[N+](C)(c1ccc(C(=O)Nc2ccc(Cl)cc2)cn1)C1CCN(c2ncnc3[nH]ccc23)C1. The Bertz CT molecular complexity index is 1280. The fraction of sp³-hybridized carbons (Fsp3) is 0.250. The van der Waals surface area contributed by atoms with Gasteiger partial charge in [-0.25, -0.2) is 15.0 Å². The highest BCUT2D eigenvalue weighted by Crippen LogP contribution is 2.31. The Kier molecular flexibility index (Phi) is 5.47. The Balaban J connectivity index is 1.29. The molecular formula is C24H25ClN7O+. The zero-order chi connectivity index (χ0) is 23.0. The van der Waals surface area contributed by atoms with Crippen LogP contribution in [0, 0.1) is 0 Å². The third-order valence-corrected chi connectivity index (χ3v) is 6.66. The minimum atomic E-state index is -0.201. The lowest BCUT2D eigenvalue weighted by Crippen LogP contribution is -2.51. The van der Waals surface area contributed by atoms with Gasteiger partial charge in [-0.3, -0.25) is 9.28 Å². The summed E-state index contributed by atoms with van der Waals surface area (Å²) in [5, 5.41) is 4.54. The number of nitrogens with zero attached hydrogens (tertiary/aromatic N) is 5. The van der Waals surface area contributed by atoms with Crippen molar-refractivity contribution in [1.82, 2.24) is 24.4 Å². The minimum Gasteiger partial charge on any atom is -0.350 e. The number of carbonyl (C=O) groups excluding carboxylic acids is 1. The summed E-state index contributed by atoms with van der Waals surface area (Å²) in [4.78, 5) is 31.5. The molecule has 2 N–H and O–H groups in total. The van der Waals surface area contributed by atoms with Gasteiger partial charge in [-0.1, -0.05) is 11.6 Å². The molecule has 1 aromatic carbocycles. The van der Waals surface area contributed by atoms with Crippen LogP contribution in [0.2, 0.25) is 5.02 Å². The third kappa shape index (κ3) is 4.15. The van der Waals surface area contributed by atoms with Gasteiger partial charge in [0, 0.05) is 42.1 Å². The van der Waals surface area contributed by atoms with Crippen LogP contribution in [-0.2, 0) is 0 Å². The summed E-state index contributed by atoms with van der Waals surface area (Å²) in [5.41, 5.74) is 2.06. The van der Waals surface area contributed by atoms with Crippen LogP contribution >= 0.6 is 11.6 Å². The van der Waals surface area contributed by atoms with E-state index in [2.05, 4.69) is 44.2 Å². The lowest BCUT2D eigenvalue weighted by Gasteiger charge is -2.34. The first-order valence-electron chi connectivity index (χ1n) is 10.8. The Morgan fingerprint density at radius 3 is 2.70 bits per heavy atom. The van der Waals surface area contributed by atoms with Gasteiger partial charge in [0.2, 0.25) is 5.82 Å². The molecule has 1 aliphatic heterocycles. The van der Waals surface area contributed by atoms with Crippen LogP contribution in [0.15, 0.2) is 61.2 Å². The van der Waals surface area contributed by atoms with Crippen LogP contribution in [0.1, 0.15) is 16.8 Å². The maximum absolute atomic E-state index is 12.6. The van der Waals surface area contributed by atoms with Gasteiger partial charge < -0.3 is 15.2 Å². The van der Waals surface area contributed by atoms with Crippen molar-refractivity contribution in [2.75, 3.05) is 37.4 Å². The van der Waals surface area contributed by atoms with Crippen molar-refractivity contribution < 1.29 is 4.79 Å². The fourth-order valence-electron chi connectivity index (χ4n) is 4.36.